The lowest BCUT2D eigenvalue weighted by Gasteiger charge is -2.30. The van der Waals surface area contributed by atoms with Crippen LogP contribution in [0.4, 0.5) is 0 Å². The van der Waals surface area contributed by atoms with Gasteiger partial charge in [-0.05, 0) is 25.2 Å². The lowest BCUT2D eigenvalue weighted by Crippen LogP contribution is -2.44. The van der Waals surface area contributed by atoms with Gasteiger partial charge in [0.15, 0.2) is 17.3 Å². The number of aromatic nitrogens is 3. The fourth-order valence-corrected chi connectivity index (χ4v) is 3.51. The molecule has 10 heteroatoms. The zero-order valence-corrected chi connectivity index (χ0v) is 17.3. The van der Waals surface area contributed by atoms with E-state index in [2.05, 4.69) is 32.4 Å². The normalized spacial score (nSPS) is 17.1. The minimum absolute atomic E-state index is 0. The summed E-state index contributed by atoms with van der Waals surface area (Å²) in [6, 6.07) is 5.69. The summed E-state index contributed by atoms with van der Waals surface area (Å²) in [5.41, 5.74) is 3.46. The second kappa shape index (κ2) is 9.33. The fraction of sp³-hybridized carbons (Fsp3) is 0.389. The van der Waals surface area contributed by atoms with Crippen molar-refractivity contribution in [2.24, 2.45) is 0 Å². The standard InChI is InChI=1S/C18H21N5O3S.ClH/c1-23-6-5-19-8-14(23)17-21-18(26-22-17)12-3-4-15(16(7-12)24-2)25-9-13-10-27-11-20-13;/h3-4,7,10-11,14,19H,5-6,8-9H2,1-2H3;1H. The van der Waals surface area contributed by atoms with Crippen molar-refractivity contribution in [1.82, 2.24) is 25.3 Å². The first-order valence-corrected chi connectivity index (χ1v) is 9.61. The molecule has 0 aliphatic carbocycles. The van der Waals surface area contributed by atoms with Gasteiger partial charge in [0.05, 0.1) is 24.4 Å². The molecule has 150 valence electrons. The molecule has 0 bridgehead atoms. The number of hydrogen-bond acceptors (Lipinski definition) is 9. The summed E-state index contributed by atoms with van der Waals surface area (Å²) >= 11 is 1.54. The highest BCUT2D eigenvalue weighted by atomic mass is 35.5. The Bertz CT molecular complexity index is 889. The van der Waals surface area contributed by atoms with Crippen LogP contribution >= 0.6 is 23.7 Å². The van der Waals surface area contributed by atoms with Crippen LogP contribution in [-0.2, 0) is 6.61 Å². The Morgan fingerprint density at radius 3 is 3.00 bits per heavy atom. The molecule has 2 aromatic heterocycles. The fourth-order valence-electron chi connectivity index (χ4n) is 2.96. The topological polar surface area (TPSA) is 85.5 Å². The number of nitrogens with zero attached hydrogens (tertiary/aromatic N) is 4. The Morgan fingerprint density at radius 1 is 1.36 bits per heavy atom. The quantitative estimate of drug-likeness (QED) is 0.647. The van der Waals surface area contributed by atoms with E-state index in [1.165, 1.54) is 0 Å². The number of halogens is 1. The van der Waals surface area contributed by atoms with Crippen molar-refractivity contribution < 1.29 is 14.0 Å². The molecule has 1 unspecified atom stereocenters. The van der Waals surface area contributed by atoms with Crippen LogP contribution in [0.5, 0.6) is 11.5 Å². The molecule has 1 aliphatic heterocycles. The maximum atomic E-state index is 5.82. The van der Waals surface area contributed by atoms with Gasteiger partial charge >= 0.3 is 0 Å². The highest BCUT2D eigenvalue weighted by Crippen LogP contribution is 2.33. The number of ether oxygens (including phenoxy) is 2. The van der Waals surface area contributed by atoms with Gasteiger partial charge in [0, 0.05) is 30.6 Å². The molecule has 1 fully saturated rings. The minimum atomic E-state index is 0. The number of likely N-dealkylation sites (N-methyl/N-ethyl adjacent to an activating group) is 1. The van der Waals surface area contributed by atoms with E-state index in [0.717, 1.165) is 30.9 Å². The maximum Gasteiger partial charge on any atom is 0.258 e. The van der Waals surface area contributed by atoms with Gasteiger partial charge in [-0.1, -0.05) is 5.16 Å². The molecule has 3 heterocycles. The van der Waals surface area contributed by atoms with Crippen molar-refractivity contribution in [3.63, 3.8) is 0 Å². The van der Waals surface area contributed by atoms with E-state index < -0.39 is 0 Å². The molecule has 1 aliphatic rings. The van der Waals surface area contributed by atoms with Crippen molar-refractivity contribution in [3.05, 3.63) is 40.6 Å². The van der Waals surface area contributed by atoms with Crippen molar-refractivity contribution in [2.45, 2.75) is 12.6 Å². The molecule has 1 atom stereocenters. The van der Waals surface area contributed by atoms with E-state index in [1.807, 2.05) is 23.6 Å². The smallest absolute Gasteiger partial charge is 0.258 e. The first kappa shape index (κ1) is 20.5. The van der Waals surface area contributed by atoms with Crippen LogP contribution < -0.4 is 14.8 Å². The van der Waals surface area contributed by atoms with Gasteiger partial charge in [0.2, 0.25) is 0 Å². The zero-order valence-electron chi connectivity index (χ0n) is 15.6. The van der Waals surface area contributed by atoms with Gasteiger partial charge in [0.1, 0.15) is 6.61 Å². The lowest BCUT2D eigenvalue weighted by atomic mass is 10.2. The Labute approximate surface area is 173 Å². The molecule has 8 nitrogen and oxygen atoms in total. The van der Waals surface area contributed by atoms with E-state index in [9.17, 15) is 0 Å². The monoisotopic (exact) mass is 423 g/mol. The first-order valence-electron chi connectivity index (χ1n) is 8.67. The van der Waals surface area contributed by atoms with Gasteiger partial charge in [-0.3, -0.25) is 4.90 Å². The molecule has 1 N–H and O–H groups in total. The van der Waals surface area contributed by atoms with Crippen LogP contribution in [0.1, 0.15) is 17.6 Å². The van der Waals surface area contributed by atoms with Crippen LogP contribution in [0.25, 0.3) is 11.5 Å². The summed E-state index contributed by atoms with van der Waals surface area (Å²) in [6.07, 6.45) is 0. The molecular weight excluding hydrogens is 402 g/mol. The van der Waals surface area contributed by atoms with Crippen molar-refractivity contribution in [2.75, 3.05) is 33.8 Å². The second-order valence-corrected chi connectivity index (χ2v) is 7.01. The highest BCUT2D eigenvalue weighted by Gasteiger charge is 2.25. The minimum Gasteiger partial charge on any atom is -0.493 e. The summed E-state index contributed by atoms with van der Waals surface area (Å²) in [5, 5.41) is 9.48. The molecular formula is C18H22ClN5O3S. The van der Waals surface area contributed by atoms with E-state index in [1.54, 1.807) is 24.0 Å². The molecule has 4 rings (SSSR count). The Morgan fingerprint density at radius 2 is 2.25 bits per heavy atom. The molecule has 0 saturated carbocycles. The number of piperazine rings is 1. The Kier molecular flexibility index (Phi) is 6.84. The van der Waals surface area contributed by atoms with Gasteiger partial charge in [-0.25, -0.2) is 4.98 Å². The molecule has 0 spiro atoms. The largest absolute Gasteiger partial charge is 0.493 e. The van der Waals surface area contributed by atoms with Crippen LogP contribution in [0.3, 0.4) is 0 Å². The summed E-state index contributed by atoms with van der Waals surface area (Å²) in [6.45, 7) is 3.12. The Hall–Kier alpha value is -2.20. The third-order valence-corrected chi connectivity index (χ3v) is 5.16. The van der Waals surface area contributed by atoms with Gasteiger partial charge < -0.3 is 19.3 Å². The summed E-state index contributed by atoms with van der Waals surface area (Å²) < 4.78 is 16.8. The second-order valence-electron chi connectivity index (χ2n) is 6.29. The van der Waals surface area contributed by atoms with Crippen molar-refractivity contribution in [3.8, 4) is 23.0 Å². The van der Waals surface area contributed by atoms with E-state index in [4.69, 9.17) is 14.0 Å². The average molecular weight is 424 g/mol. The average Bonchev–Trinajstić information content (AvgIpc) is 3.39. The molecule has 3 aromatic rings. The number of nitrogens with one attached hydrogen (secondary N) is 1. The Balaban J connectivity index is 0.00000225. The number of methoxy groups -OCH3 is 1. The van der Waals surface area contributed by atoms with Crippen LogP contribution in [0, 0.1) is 0 Å². The molecule has 28 heavy (non-hydrogen) atoms. The van der Waals surface area contributed by atoms with E-state index in [0.29, 0.717) is 29.8 Å². The predicted molar refractivity (Wildman–Crippen MR) is 108 cm³/mol. The zero-order chi connectivity index (χ0) is 18.6. The molecule has 0 amide bonds. The SMILES string of the molecule is COc1cc(-c2nc(C3CNCCN3C)no2)ccc1OCc1cscn1.Cl. The van der Waals surface area contributed by atoms with Crippen molar-refractivity contribution >= 4 is 23.7 Å². The highest BCUT2D eigenvalue weighted by molar-refractivity contribution is 7.07. The summed E-state index contributed by atoms with van der Waals surface area (Å²) in [7, 11) is 3.68. The van der Waals surface area contributed by atoms with Crippen LogP contribution in [-0.4, -0.2) is 53.8 Å². The van der Waals surface area contributed by atoms with E-state index >= 15 is 0 Å². The maximum absolute atomic E-state index is 5.82. The molecule has 1 aromatic carbocycles. The molecule has 1 saturated heterocycles. The first-order chi connectivity index (χ1) is 13.2. The van der Waals surface area contributed by atoms with Gasteiger partial charge in [0.25, 0.3) is 5.89 Å². The predicted octanol–water partition coefficient (Wildman–Crippen LogP) is 2.78. The lowest BCUT2D eigenvalue weighted by molar-refractivity contribution is 0.190. The van der Waals surface area contributed by atoms with Crippen LogP contribution in [0.2, 0.25) is 0 Å². The van der Waals surface area contributed by atoms with Crippen molar-refractivity contribution in [1.29, 1.82) is 0 Å². The number of hydrogen-bond donors (Lipinski definition) is 1. The number of rotatable bonds is 6. The number of benzene rings is 1. The van der Waals surface area contributed by atoms with E-state index in [-0.39, 0.29) is 18.4 Å². The number of thiazole rings is 1. The summed E-state index contributed by atoms with van der Waals surface area (Å²) in [5.74, 6) is 2.40. The van der Waals surface area contributed by atoms with Gasteiger partial charge in [-0.2, -0.15) is 4.98 Å². The van der Waals surface area contributed by atoms with Crippen LogP contribution in [0.15, 0.2) is 33.6 Å². The molecule has 0 radical (unpaired) electrons. The summed E-state index contributed by atoms with van der Waals surface area (Å²) in [4.78, 5) is 11.0. The third-order valence-electron chi connectivity index (χ3n) is 4.52. The third kappa shape index (κ3) is 4.44. The van der Waals surface area contributed by atoms with Gasteiger partial charge in [-0.15, -0.1) is 23.7 Å².